The first kappa shape index (κ1) is 14.2. The monoisotopic (exact) mass is 249 g/mol. The average Bonchev–Trinajstić information content (AvgIpc) is 2.34. The van der Waals surface area contributed by atoms with Crippen molar-refractivity contribution in [3.8, 4) is 0 Å². The van der Waals surface area contributed by atoms with Gasteiger partial charge in [0.25, 0.3) is 5.69 Å². The molecule has 5 nitrogen and oxygen atoms in total. The maximum atomic E-state index is 11.2. The third-order valence-corrected chi connectivity index (χ3v) is 2.58. The normalized spacial score (nSPS) is 10.9. The Morgan fingerprint density at radius 3 is 2.50 bits per heavy atom. The lowest BCUT2D eigenvalue weighted by Gasteiger charge is -2.08. The van der Waals surface area contributed by atoms with Crippen molar-refractivity contribution in [2.75, 3.05) is 14.1 Å². The Balaban J connectivity index is 3.39. The number of hydrogen-bond acceptors (Lipinski definition) is 4. The molecule has 18 heavy (non-hydrogen) atoms. The Labute approximate surface area is 107 Å². The highest BCUT2D eigenvalue weighted by Crippen LogP contribution is 2.25. The summed E-state index contributed by atoms with van der Waals surface area (Å²) in [6.45, 7) is 3.88. The van der Waals surface area contributed by atoms with E-state index in [4.69, 9.17) is 0 Å². The van der Waals surface area contributed by atoms with Crippen molar-refractivity contribution in [3.05, 3.63) is 39.3 Å². The highest BCUT2D eigenvalue weighted by Gasteiger charge is 2.19. The van der Waals surface area contributed by atoms with Gasteiger partial charge in [-0.1, -0.05) is 13.8 Å². The maximum absolute atomic E-state index is 11.2. The molecule has 0 unspecified atom stereocenters. The van der Waals surface area contributed by atoms with Crippen LogP contribution in [0, 0.1) is 10.1 Å². The van der Waals surface area contributed by atoms with E-state index in [2.05, 4.69) is 4.98 Å². The van der Waals surface area contributed by atoms with Crippen LogP contribution in [0.1, 0.15) is 30.8 Å². The molecule has 0 radical (unpaired) electrons. The van der Waals surface area contributed by atoms with Crippen LogP contribution in [0.3, 0.4) is 0 Å². The SMILES string of the molecule is CCc1cc(C=CN(C)C)c([N+](=O)[O-])c(CC)n1. The Morgan fingerprint density at radius 2 is 2.06 bits per heavy atom. The molecule has 0 aliphatic rings. The third kappa shape index (κ3) is 3.29. The number of aryl methyl sites for hydroxylation is 2. The summed E-state index contributed by atoms with van der Waals surface area (Å²) in [5.74, 6) is 0. The molecule has 0 aliphatic carbocycles. The zero-order valence-corrected chi connectivity index (χ0v) is 11.3. The summed E-state index contributed by atoms with van der Waals surface area (Å²) in [6, 6.07) is 1.79. The van der Waals surface area contributed by atoms with Gasteiger partial charge in [0.05, 0.1) is 10.5 Å². The summed E-state index contributed by atoms with van der Waals surface area (Å²) in [5, 5.41) is 11.2. The Hall–Kier alpha value is -1.91. The summed E-state index contributed by atoms with van der Waals surface area (Å²) in [7, 11) is 3.76. The number of pyridine rings is 1. The number of hydrogen-bond donors (Lipinski definition) is 0. The van der Waals surface area contributed by atoms with Gasteiger partial charge in [-0.15, -0.1) is 0 Å². The summed E-state index contributed by atoms with van der Waals surface area (Å²) >= 11 is 0. The van der Waals surface area contributed by atoms with Crippen LogP contribution in [0.15, 0.2) is 12.3 Å². The van der Waals surface area contributed by atoms with E-state index < -0.39 is 0 Å². The van der Waals surface area contributed by atoms with Crippen LogP contribution in [0.5, 0.6) is 0 Å². The highest BCUT2D eigenvalue weighted by atomic mass is 16.6. The van der Waals surface area contributed by atoms with Crippen LogP contribution in [0.2, 0.25) is 0 Å². The third-order valence-electron chi connectivity index (χ3n) is 2.58. The molecule has 0 bridgehead atoms. The second-order valence-electron chi connectivity index (χ2n) is 4.24. The second kappa shape index (κ2) is 6.14. The quantitative estimate of drug-likeness (QED) is 0.594. The van der Waals surface area contributed by atoms with E-state index in [0.29, 0.717) is 17.7 Å². The molecule has 5 heteroatoms. The molecule has 0 fully saturated rings. The Morgan fingerprint density at radius 1 is 1.39 bits per heavy atom. The van der Waals surface area contributed by atoms with E-state index in [1.807, 2.05) is 32.8 Å². The lowest BCUT2D eigenvalue weighted by atomic mass is 10.1. The Bertz CT molecular complexity index is 468. The molecule has 0 saturated heterocycles. The second-order valence-corrected chi connectivity index (χ2v) is 4.24. The smallest absolute Gasteiger partial charge is 0.297 e. The van der Waals surface area contributed by atoms with E-state index in [1.165, 1.54) is 0 Å². The van der Waals surface area contributed by atoms with Crippen molar-refractivity contribution < 1.29 is 4.92 Å². The van der Waals surface area contributed by atoms with Gasteiger partial charge in [0.15, 0.2) is 0 Å². The largest absolute Gasteiger partial charge is 0.383 e. The van der Waals surface area contributed by atoms with Gasteiger partial charge in [-0.25, -0.2) is 0 Å². The van der Waals surface area contributed by atoms with Gasteiger partial charge in [0.2, 0.25) is 0 Å². The first-order valence-electron chi connectivity index (χ1n) is 6.01. The number of nitrogens with zero attached hydrogens (tertiary/aromatic N) is 3. The predicted octanol–water partition coefficient (Wildman–Crippen LogP) is 2.65. The molecular formula is C13H19N3O2. The number of rotatable bonds is 5. The first-order chi connectivity index (χ1) is 8.49. The summed E-state index contributed by atoms with van der Waals surface area (Å²) < 4.78 is 0. The molecule has 0 amide bonds. The fourth-order valence-corrected chi connectivity index (χ4v) is 1.67. The van der Waals surface area contributed by atoms with E-state index in [-0.39, 0.29) is 10.6 Å². The lowest BCUT2D eigenvalue weighted by Crippen LogP contribution is -2.04. The molecule has 1 aromatic rings. The molecule has 0 atom stereocenters. The van der Waals surface area contributed by atoms with Gasteiger partial charge in [0, 0.05) is 19.8 Å². The minimum Gasteiger partial charge on any atom is -0.383 e. The van der Waals surface area contributed by atoms with Crippen LogP contribution in [-0.2, 0) is 12.8 Å². The van der Waals surface area contributed by atoms with E-state index in [9.17, 15) is 10.1 Å². The van der Waals surface area contributed by atoms with Crippen LogP contribution in [-0.4, -0.2) is 28.9 Å². The molecule has 1 heterocycles. The van der Waals surface area contributed by atoms with Crippen molar-refractivity contribution >= 4 is 11.8 Å². The standard InChI is InChI=1S/C13H19N3O2/c1-5-11-9-10(7-8-15(3)4)13(16(17)18)12(6-2)14-11/h7-9H,5-6H2,1-4H3. The van der Waals surface area contributed by atoms with Crippen molar-refractivity contribution in [3.63, 3.8) is 0 Å². The van der Waals surface area contributed by atoms with Gasteiger partial charge < -0.3 is 4.90 Å². The first-order valence-corrected chi connectivity index (χ1v) is 6.01. The molecular weight excluding hydrogens is 230 g/mol. The van der Waals surface area contributed by atoms with Crippen molar-refractivity contribution in [2.45, 2.75) is 26.7 Å². The van der Waals surface area contributed by atoms with Crippen LogP contribution < -0.4 is 0 Å². The van der Waals surface area contributed by atoms with Gasteiger partial charge in [-0.05, 0) is 31.2 Å². The fourth-order valence-electron chi connectivity index (χ4n) is 1.67. The molecule has 0 saturated carbocycles. The van der Waals surface area contributed by atoms with E-state index in [1.54, 1.807) is 18.3 Å². The van der Waals surface area contributed by atoms with E-state index in [0.717, 1.165) is 12.1 Å². The molecule has 0 spiro atoms. The zero-order valence-electron chi connectivity index (χ0n) is 11.3. The van der Waals surface area contributed by atoms with Crippen LogP contribution in [0.4, 0.5) is 5.69 Å². The topological polar surface area (TPSA) is 59.3 Å². The highest BCUT2D eigenvalue weighted by molar-refractivity contribution is 5.63. The average molecular weight is 249 g/mol. The van der Waals surface area contributed by atoms with Crippen molar-refractivity contribution in [2.24, 2.45) is 0 Å². The number of aromatic nitrogens is 1. The zero-order chi connectivity index (χ0) is 13.7. The van der Waals surface area contributed by atoms with Gasteiger partial charge in [-0.2, -0.15) is 0 Å². The van der Waals surface area contributed by atoms with Gasteiger partial charge in [-0.3, -0.25) is 15.1 Å². The molecule has 0 N–H and O–H groups in total. The lowest BCUT2D eigenvalue weighted by molar-refractivity contribution is -0.386. The van der Waals surface area contributed by atoms with Crippen molar-refractivity contribution in [1.82, 2.24) is 9.88 Å². The van der Waals surface area contributed by atoms with Gasteiger partial charge in [0.1, 0.15) is 5.69 Å². The molecule has 1 aromatic heterocycles. The molecule has 1 rings (SSSR count). The molecule has 98 valence electrons. The predicted molar refractivity (Wildman–Crippen MR) is 72.4 cm³/mol. The van der Waals surface area contributed by atoms with Crippen LogP contribution >= 0.6 is 0 Å². The fraction of sp³-hybridized carbons (Fsp3) is 0.462. The number of nitro groups is 1. The van der Waals surface area contributed by atoms with Crippen molar-refractivity contribution in [1.29, 1.82) is 0 Å². The summed E-state index contributed by atoms with van der Waals surface area (Å²) in [4.78, 5) is 17.0. The minimum atomic E-state index is -0.347. The summed E-state index contributed by atoms with van der Waals surface area (Å²) in [6.07, 6.45) is 4.90. The minimum absolute atomic E-state index is 0.118. The molecule has 0 aliphatic heterocycles. The summed E-state index contributed by atoms with van der Waals surface area (Å²) in [5.41, 5.74) is 2.18. The Kier molecular flexibility index (Phi) is 4.83. The van der Waals surface area contributed by atoms with E-state index >= 15 is 0 Å². The van der Waals surface area contributed by atoms with Crippen LogP contribution in [0.25, 0.3) is 6.08 Å². The molecule has 0 aromatic carbocycles. The maximum Gasteiger partial charge on any atom is 0.297 e. The van der Waals surface area contributed by atoms with Gasteiger partial charge >= 0.3 is 0 Å².